The third-order valence-electron chi connectivity index (χ3n) is 3.88. The van der Waals surface area contributed by atoms with E-state index >= 15 is 0 Å². The minimum atomic E-state index is -4.66. The van der Waals surface area contributed by atoms with Gasteiger partial charge in [0, 0.05) is 0 Å². The normalized spacial score (nSPS) is 15.7. The number of carbonyl (C=O) groups excluding carboxylic acids is 3. The van der Waals surface area contributed by atoms with Crippen LogP contribution in [0.5, 0.6) is 0 Å². The monoisotopic (exact) mass is 389 g/mol. The lowest BCUT2D eigenvalue weighted by Crippen LogP contribution is -2.38. The summed E-state index contributed by atoms with van der Waals surface area (Å²) in [7, 11) is 0. The maximum atomic E-state index is 13.0. The smallest absolute Gasteiger partial charge is 0.324 e. The highest BCUT2D eigenvalue weighted by Crippen LogP contribution is 2.34. The van der Waals surface area contributed by atoms with E-state index in [0.717, 1.165) is 12.1 Å². The van der Waals surface area contributed by atoms with Crippen molar-refractivity contribution in [3.8, 4) is 0 Å². The molecule has 0 bridgehead atoms. The van der Waals surface area contributed by atoms with Crippen LogP contribution in [0.4, 0.5) is 23.7 Å². The van der Waals surface area contributed by atoms with Crippen molar-refractivity contribution < 1.29 is 27.6 Å². The molecule has 2 N–H and O–H groups in total. The van der Waals surface area contributed by atoms with E-state index in [1.165, 1.54) is 18.2 Å². The first-order valence-electron chi connectivity index (χ1n) is 8.11. The molecule has 0 aliphatic carbocycles. The Hall–Kier alpha value is -3.62. The molecule has 1 aliphatic rings. The van der Waals surface area contributed by atoms with Gasteiger partial charge in [0.2, 0.25) is 5.91 Å². The van der Waals surface area contributed by atoms with Crippen LogP contribution in [0.15, 0.2) is 60.3 Å². The number of rotatable bonds is 4. The van der Waals surface area contributed by atoms with E-state index in [9.17, 15) is 27.6 Å². The number of benzene rings is 2. The number of alkyl halides is 3. The summed E-state index contributed by atoms with van der Waals surface area (Å²) in [4.78, 5) is 37.1. The van der Waals surface area contributed by atoms with Crippen LogP contribution in [0, 0.1) is 0 Å². The lowest BCUT2D eigenvalue weighted by atomic mass is 10.1. The van der Waals surface area contributed by atoms with E-state index in [-0.39, 0.29) is 5.70 Å². The molecular weight excluding hydrogens is 375 g/mol. The minimum absolute atomic E-state index is 0.0281. The highest BCUT2D eigenvalue weighted by molar-refractivity contribution is 6.15. The number of para-hydroxylation sites is 1. The highest BCUT2D eigenvalue weighted by atomic mass is 19.4. The number of halogens is 3. The minimum Gasteiger partial charge on any atom is -0.324 e. The summed E-state index contributed by atoms with van der Waals surface area (Å²) >= 11 is 0. The van der Waals surface area contributed by atoms with Crippen LogP contribution in [0.25, 0.3) is 6.08 Å². The molecule has 0 atom stereocenters. The summed E-state index contributed by atoms with van der Waals surface area (Å²) in [6.07, 6.45) is -3.21. The van der Waals surface area contributed by atoms with Crippen LogP contribution in [-0.2, 0) is 15.8 Å². The van der Waals surface area contributed by atoms with Crippen molar-refractivity contribution in [1.82, 2.24) is 10.2 Å². The molecule has 1 aliphatic heterocycles. The zero-order chi connectivity index (χ0) is 20.3. The fraction of sp³-hybridized carbons (Fsp3) is 0.105. The lowest BCUT2D eigenvalue weighted by Gasteiger charge is -2.15. The Bertz CT molecular complexity index is 956. The third-order valence-corrected chi connectivity index (χ3v) is 3.88. The van der Waals surface area contributed by atoms with E-state index in [1.807, 2.05) is 0 Å². The van der Waals surface area contributed by atoms with E-state index in [0.29, 0.717) is 10.5 Å². The summed E-state index contributed by atoms with van der Waals surface area (Å²) in [6, 6.07) is 12.3. The second kappa shape index (κ2) is 7.55. The number of anilines is 1. The topological polar surface area (TPSA) is 78.5 Å². The summed E-state index contributed by atoms with van der Waals surface area (Å²) in [5.41, 5.74) is -0.839. The van der Waals surface area contributed by atoms with Crippen molar-refractivity contribution in [3.63, 3.8) is 0 Å². The van der Waals surface area contributed by atoms with Gasteiger partial charge in [-0.05, 0) is 23.8 Å². The maximum absolute atomic E-state index is 13.0. The third kappa shape index (κ3) is 4.20. The Morgan fingerprint density at radius 3 is 2.36 bits per heavy atom. The van der Waals surface area contributed by atoms with Gasteiger partial charge in [-0.15, -0.1) is 0 Å². The van der Waals surface area contributed by atoms with Gasteiger partial charge in [-0.2, -0.15) is 13.2 Å². The Kier molecular flexibility index (Phi) is 5.16. The Morgan fingerprint density at radius 2 is 1.68 bits per heavy atom. The summed E-state index contributed by atoms with van der Waals surface area (Å²) < 4.78 is 39.0. The summed E-state index contributed by atoms with van der Waals surface area (Å²) in [5.74, 6) is -1.67. The molecule has 1 heterocycles. The summed E-state index contributed by atoms with van der Waals surface area (Å²) in [6.45, 7) is -0.719. The molecule has 1 saturated heterocycles. The van der Waals surface area contributed by atoms with Crippen molar-refractivity contribution in [2.45, 2.75) is 6.18 Å². The highest BCUT2D eigenvalue weighted by Gasteiger charge is 2.36. The van der Waals surface area contributed by atoms with Crippen molar-refractivity contribution in [2.75, 3.05) is 11.9 Å². The number of amides is 4. The molecule has 6 nitrogen and oxygen atoms in total. The standard InChI is InChI=1S/C19H14F3N3O3/c20-19(21,22)13-8-4-5-9-14(13)23-16(26)11-25-17(27)15(24-18(25)28)10-12-6-2-1-3-7-12/h1-10H,11H2,(H,23,26)(H,24,28). The van der Waals surface area contributed by atoms with Gasteiger partial charge in [-0.3, -0.25) is 9.59 Å². The predicted octanol–water partition coefficient (Wildman–Crippen LogP) is 3.24. The molecule has 4 amide bonds. The van der Waals surface area contributed by atoms with E-state index in [1.54, 1.807) is 30.3 Å². The number of hydrogen-bond acceptors (Lipinski definition) is 3. The quantitative estimate of drug-likeness (QED) is 0.623. The first kappa shape index (κ1) is 19.2. The molecule has 2 aromatic rings. The van der Waals surface area contributed by atoms with Crippen LogP contribution in [0.3, 0.4) is 0 Å². The molecule has 0 saturated carbocycles. The van der Waals surface area contributed by atoms with Crippen LogP contribution in [0.2, 0.25) is 0 Å². The molecule has 0 radical (unpaired) electrons. The van der Waals surface area contributed by atoms with E-state index in [2.05, 4.69) is 10.6 Å². The van der Waals surface area contributed by atoms with Gasteiger partial charge in [-0.1, -0.05) is 42.5 Å². The lowest BCUT2D eigenvalue weighted by molar-refractivity contribution is -0.137. The van der Waals surface area contributed by atoms with Gasteiger partial charge in [0.05, 0.1) is 11.3 Å². The number of imide groups is 1. The second-order valence-corrected chi connectivity index (χ2v) is 5.88. The molecule has 0 aromatic heterocycles. The van der Waals surface area contributed by atoms with Crippen molar-refractivity contribution >= 4 is 29.6 Å². The summed E-state index contributed by atoms with van der Waals surface area (Å²) in [5, 5.41) is 4.44. The Morgan fingerprint density at radius 1 is 1.04 bits per heavy atom. The zero-order valence-corrected chi connectivity index (χ0v) is 14.3. The van der Waals surface area contributed by atoms with E-state index < -0.39 is 41.8 Å². The molecule has 9 heteroatoms. The average molecular weight is 389 g/mol. The SMILES string of the molecule is O=C(CN1C(=O)NC(=Cc2ccccc2)C1=O)Nc1ccccc1C(F)(F)F. The maximum Gasteiger partial charge on any atom is 0.418 e. The van der Waals surface area contributed by atoms with Crippen molar-refractivity contribution in [1.29, 1.82) is 0 Å². The first-order valence-corrected chi connectivity index (χ1v) is 8.11. The van der Waals surface area contributed by atoms with E-state index in [4.69, 9.17) is 0 Å². The Labute approximate surface area is 157 Å². The number of hydrogen-bond donors (Lipinski definition) is 2. The molecule has 0 unspecified atom stereocenters. The Balaban J connectivity index is 1.72. The fourth-order valence-corrected chi connectivity index (χ4v) is 2.60. The number of nitrogens with one attached hydrogen (secondary N) is 2. The van der Waals surface area contributed by atoms with Crippen LogP contribution < -0.4 is 10.6 Å². The molecule has 3 rings (SSSR count). The largest absolute Gasteiger partial charge is 0.418 e. The molecular formula is C19H14F3N3O3. The van der Waals surface area contributed by atoms with Crippen LogP contribution in [0.1, 0.15) is 11.1 Å². The van der Waals surface area contributed by atoms with Gasteiger partial charge in [0.15, 0.2) is 0 Å². The number of urea groups is 1. The number of carbonyl (C=O) groups is 3. The van der Waals surface area contributed by atoms with Gasteiger partial charge in [0.1, 0.15) is 12.2 Å². The second-order valence-electron chi connectivity index (χ2n) is 5.88. The molecule has 0 spiro atoms. The van der Waals surface area contributed by atoms with Gasteiger partial charge >= 0.3 is 12.2 Å². The average Bonchev–Trinajstić information content (AvgIpc) is 2.89. The van der Waals surface area contributed by atoms with Crippen LogP contribution >= 0.6 is 0 Å². The van der Waals surface area contributed by atoms with Crippen molar-refractivity contribution in [2.24, 2.45) is 0 Å². The molecule has 28 heavy (non-hydrogen) atoms. The number of nitrogens with zero attached hydrogens (tertiary/aromatic N) is 1. The molecule has 2 aromatic carbocycles. The van der Waals surface area contributed by atoms with Crippen LogP contribution in [-0.4, -0.2) is 29.3 Å². The van der Waals surface area contributed by atoms with Gasteiger partial charge < -0.3 is 10.6 Å². The molecule has 1 fully saturated rings. The van der Waals surface area contributed by atoms with Gasteiger partial charge in [-0.25, -0.2) is 9.69 Å². The van der Waals surface area contributed by atoms with Gasteiger partial charge in [0.25, 0.3) is 5.91 Å². The predicted molar refractivity (Wildman–Crippen MR) is 94.7 cm³/mol. The fourth-order valence-electron chi connectivity index (χ4n) is 2.60. The zero-order valence-electron chi connectivity index (χ0n) is 14.3. The molecule has 144 valence electrons. The first-order chi connectivity index (χ1) is 13.3. The van der Waals surface area contributed by atoms with Crippen molar-refractivity contribution in [3.05, 3.63) is 71.4 Å².